The molecule has 33 heavy (non-hydrogen) atoms. The largest absolute Gasteiger partial charge is 0.448 e. The van der Waals surface area contributed by atoms with Crippen LogP contribution in [0.3, 0.4) is 0 Å². The average Bonchev–Trinajstić information content (AvgIpc) is 3.02. The summed E-state index contributed by atoms with van der Waals surface area (Å²) in [5.41, 5.74) is 3.27. The van der Waals surface area contributed by atoms with Crippen LogP contribution >= 0.6 is 0 Å². The molecule has 1 aliphatic heterocycles. The highest BCUT2D eigenvalue weighted by Gasteiger charge is 2.14. The Morgan fingerprint density at radius 1 is 0.970 bits per heavy atom. The van der Waals surface area contributed by atoms with Crippen molar-refractivity contribution in [2.45, 2.75) is 45.3 Å². The molecule has 1 amide bonds. The minimum Gasteiger partial charge on any atom is -0.448 e. The number of carbonyl (C=O) groups is 1. The van der Waals surface area contributed by atoms with Crippen molar-refractivity contribution in [2.24, 2.45) is 0 Å². The van der Waals surface area contributed by atoms with E-state index in [4.69, 9.17) is 4.42 Å². The van der Waals surface area contributed by atoms with Crippen molar-refractivity contribution in [3.63, 3.8) is 0 Å². The van der Waals surface area contributed by atoms with E-state index in [2.05, 4.69) is 39.5 Å². The van der Waals surface area contributed by atoms with Gasteiger partial charge in [0.05, 0.1) is 6.33 Å². The van der Waals surface area contributed by atoms with Gasteiger partial charge >= 0.3 is 0 Å². The van der Waals surface area contributed by atoms with Crippen LogP contribution in [0.4, 0.5) is 0 Å². The van der Waals surface area contributed by atoms with Crippen LogP contribution in [0.15, 0.2) is 64.1 Å². The topological polar surface area (TPSA) is 80.4 Å². The number of fused-ring (bicyclic) bond motifs is 3. The molecule has 2 aromatic heterocycles. The summed E-state index contributed by atoms with van der Waals surface area (Å²) in [7, 11) is 0. The zero-order valence-electron chi connectivity index (χ0n) is 18.6. The zero-order valence-corrected chi connectivity index (χ0v) is 18.6. The number of amides is 1. The van der Waals surface area contributed by atoms with Gasteiger partial charge in [0.15, 0.2) is 0 Å². The first-order valence-corrected chi connectivity index (χ1v) is 11.6. The molecule has 3 heterocycles. The fourth-order valence-electron chi connectivity index (χ4n) is 4.45. The summed E-state index contributed by atoms with van der Waals surface area (Å²) >= 11 is 0. The molecule has 1 fully saturated rings. The second-order valence-corrected chi connectivity index (χ2v) is 8.74. The quantitative estimate of drug-likeness (QED) is 0.489. The molecule has 0 radical (unpaired) electrons. The van der Waals surface area contributed by atoms with E-state index in [1.807, 2.05) is 18.2 Å². The lowest BCUT2D eigenvalue weighted by Crippen LogP contribution is -2.32. The van der Waals surface area contributed by atoms with Crippen molar-refractivity contribution in [3.05, 3.63) is 76.3 Å². The molecule has 1 saturated heterocycles. The first kappa shape index (κ1) is 21.4. The molecular formula is C26H28N4O3. The van der Waals surface area contributed by atoms with Crippen LogP contribution in [0, 0.1) is 0 Å². The second-order valence-electron chi connectivity index (χ2n) is 8.74. The SMILES string of the molecule is O=C(Cn1cnc2c(oc3ccccc32)c1=O)NCc1ccc(CN2CCCCCC2)cc1. The van der Waals surface area contributed by atoms with Crippen molar-refractivity contribution >= 4 is 28.0 Å². The maximum absolute atomic E-state index is 12.8. The number of benzene rings is 2. The maximum Gasteiger partial charge on any atom is 0.297 e. The highest BCUT2D eigenvalue weighted by atomic mass is 16.3. The van der Waals surface area contributed by atoms with E-state index in [0.717, 1.165) is 17.5 Å². The first-order chi connectivity index (χ1) is 16.2. The minimum absolute atomic E-state index is 0.105. The Bertz CT molecular complexity index is 1320. The molecule has 0 spiro atoms. The molecule has 7 nitrogen and oxygen atoms in total. The molecule has 0 saturated carbocycles. The van der Waals surface area contributed by atoms with E-state index in [1.54, 1.807) is 6.07 Å². The van der Waals surface area contributed by atoms with Crippen LogP contribution in [-0.2, 0) is 24.4 Å². The minimum atomic E-state index is -0.357. The highest BCUT2D eigenvalue weighted by molar-refractivity contribution is 6.01. The van der Waals surface area contributed by atoms with E-state index < -0.39 is 0 Å². The van der Waals surface area contributed by atoms with Gasteiger partial charge in [0.2, 0.25) is 11.5 Å². The van der Waals surface area contributed by atoms with Gasteiger partial charge in [-0.1, -0.05) is 49.2 Å². The normalized spacial score (nSPS) is 15.0. The lowest BCUT2D eigenvalue weighted by molar-refractivity contribution is -0.121. The number of hydrogen-bond acceptors (Lipinski definition) is 5. The first-order valence-electron chi connectivity index (χ1n) is 11.6. The van der Waals surface area contributed by atoms with Crippen LogP contribution in [0.2, 0.25) is 0 Å². The fourth-order valence-corrected chi connectivity index (χ4v) is 4.45. The molecule has 0 aliphatic carbocycles. The van der Waals surface area contributed by atoms with Gasteiger partial charge in [-0.15, -0.1) is 0 Å². The van der Waals surface area contributed by atoms with E-state index in [-0.39, 0.29) is 23.6 Å². The van der Waals surface area contributed by atoms with Gasteiger partial charge in [-0.05, 0) is 49.2 Å². The maximum atomic E-state index is 12.8. The van der Waals surface area contributed by atoms with Gasteiger partial charge < -0.3 is 9.73 Å². The van der Waals surface area contributed by atoms with Gasteiger partial charge in [-0.3, -0.25) is 19.1 Å². The number of para-hydroxylation sites is 1. The van der Waals surface area contributed by atoms with Crippen molar-refractivity contribution in [1.82, 2.24) is 19.8 Å². The molecule has 0 unspecified atom stereocenters. The number of nitrogens with zero attached hydrogens (tertiary/aromatic N) is 3. The molecule has 5 rings (SSSR count). The van der Waals surface area contributed by atoms with Gasteiger partial charge in [0.1, 0.15) is 17.6 Å². The van der Waals surface area contributed by atoms with Crippen LogP contribution < -0.4 is 10.9 Å². The van der Waals surface area contributed by atoms with E-state index >= 15 is 0 Å². The lowest BCUT2D eigenvalue weighted by atomic mass is 10.1. The van der Waals surface area contributed by atoms with Crippen molar-refractivity contribution in [3.8, 4) is 0 Å². The summed E-state index contributed by atoms with van der Waals surface area (Å²) in [6, 6.07) is 15.8. The van der Waals surface area contributed by atoms with E-state index in [1.165, 1.54) is 55.2 Å². The summed E-state index contributed by atoms with van der Waals surface area (Å²) in [6.45, 7) is 3.63. The molecule has 1 aliphatic rings. The van der Waals surface area contributed by atoms with Gasteiger partial charge in [0, 0.05) is 18.5 Å². The van der Waals surface area contributed by atoms with E-state index in [0.29, 0.717) is 17.6 Å². The number of hydrogen-bond donors (Lipinski definition) is 1. The Kier molecular flexibility index (Phi) is 6.21. The highest BCUT2D eigenvalue weighted by Crippen LogP contribution is 2.24. The number of likely N-dealkylation sites (tertiary alicyclic amines) is 1. The Balaban J connectivity index is 1.19. The Morgan fingerprint density at radius 2 is 1.70 bits per heavy atom. The summed E-state index contributed by atoms with van der Waals surface area (Å²) in [4.78, 5) is 32.1. The van der Waals surface area contributed by atoms with E-state index in [9.17, 15) is 9.59 Å². The standard InChI is InChI=1S/C26H28N4O3/c31-23(17-30-18-28-24-21-7-3-4-8-22(21)33-25(24)26(30)32)27-15-19-9-11-20(12-10-19)16-29-13-5-1-2-6-14-29/h3-4,7-12,18H,1-2,5-6,13-17H2,(H,27,31). The van der Waals surface area contributed by atoms with Gasteiger partial charge in [0.25, 0.3) is 5.56 Å². The Morgan fingerprint density at radius 3 is 2.48 bits per heavy atom. The fraction of sp³-hybridized carbons (Fsp3) is 0.346. The third-order valence-electron chi connectivity index (χ3n) is 6.28. The molecule has 7 heteroatoms. The molecule has 4 aromatic rings. The Labute approximate surface area is 192 Å². The van der Waals surface area contributed by atoms with Crippen molar-refractivity contribution < 1.29 is 9.21 Å². The van der Waals surface area contributed by atoms with Gasteiger partial charge in [-0.25, -0.2) is 4.98 Å². The third-order valence-corrected chi connectivity index (χ3v) is 6.28. The monoisotopic (exact) mass is 444 g/mol. The summed E-state index contributed by atoms with van der Waals surface area (Å²) < 4.78 is 6.96. The smallest absolute Gasteiger partial charge is 0.297 e. The molecule has 1 N–H and O–H groups in total. The van der Waals surface area contributed by atoms with Crippen molar-refractivity contribution in [2.75, 3.05) is 13.1 Å². The third kappa shape index (κ3) is 4.83. The van der Waals surface area contributed by atoms with Crippen LogP contribution in [0.5, 0.6) is 0 Å². The van der Waals surface area contributed by atoms with Crippen LogP contribution in [0.1, 0.15) is 36.8 Å². The molecule has 0 atom stereocenters. The lowest BCUT2D eigenvalue weighted by Gasteiger charge is -2.19. The number of rotatable bonds is 6. The van der Waals surface area contributed by atoms with Crippen molar-refractivity contribution in [1.29, 1.82) is 0 Å². The van der Waals surface area contributed by atoms with Crippen LogP contribution in [-0.4, -0.2) is 33.4 Å². The van der Waals surface area contributed by atoms with Crippen LogP contribution in [0.25, 0.3) is 22.1 Å². The summed E-state index contributed by atoms with van der Waals surface area (Å²) in [5.74, 6) is -0.247. The molecule has 2 aromatic carbocycles. The number of nitrogens with one attached hydrogen (secondary N) is 1. The predicted molar refractivity (Wildman–Crippen MR) is 128 cm³/mol. The Hall–Kier alpha value is -3.45. The summed E-state index contributed by atoms with van der Waals surface area (Å²) in [5, 5.41) is 3.68. The molecular weight excluding hydrogens is 416 g/mol. The summed E-state index contributed by atoms with van der Waals surface area (Å²) in [6.07, 6.45) is 6.65. The average molecular weight is 445 g/mol. The number of furan rings is 1. The number of aromatic nitrogens is 2. The van der Waals surface area contributed by atoms with Gasteiger partial charge in [-0.2, -0.15) is 0 Å². The zero-order chi connectivity index (χ0) is 22.6. The molecule has 0 bridgehead atoms. The predicted octanol–water partition coefficient (Wildman–Crippen LogP) is 3.84. The second kappa shape index (κ2) is 9.58. The molecule has 170 valence electrons. The number of carbonyl (C=O) groups excluding carboxylic acids is 1.